The molecule has 0 bridgehead atoms. The molecule has 0 saturated heterocycles. The lowest BCUT2D eigenvalue weighted by Crippen LogP contribution is -2.17. The van der Waals surface area contributed by atoms with E-state index in [1.165, 1.54) is 12.1 Å². The van der Waals surface area contributed by atoms with Gasteiger partial charge < -0.3 is 10.6 Å². The molecule has 0 fully saturated rings. The van der Waals surface area contributed by atoms with Gasteiger partial charge in [0.2, 0.25) is 5.91 Å². The molecule has 1 amide bonds. The van der Waals surface area contributed by atoms with Crippen LogP contribution in [0.2, 0.25) is 5.02 Å². The second kappa shape index (κ2) is 9.06. The first-order chi connectivity index (χ1) is 15.0. The summed E-state index contributed by atoms with van der Waals surface area (Å²) in [6, 6.07) is 13.9. The number of hydrogen-bond acceptors (Lipinski definition) is 5. The molecule has 6 nitrogen and oxygen atoms in total. The van der Waals surface area contributed by atoms with Gasteiger partial charge in [0.15, 0.2) is 5.82 Å². The topological polar surface area (TPSA) is 79.8 Å². The fourth-order valence-corrected chi connectivity index (χ4v) is 3.32. The maximum atomic E-state index is 13.6. The number of aryl methyl sites for hydroxylation is 1. The standard InChI is InChI=1S/C23H19ClFN5O/c1-26-21(31)9-5-14-4-8-20-17(11-14)23(28-16-6-7-19(25)18(24)12-16)30-22(29-20)15-3-2-10-27-13-15/h2-4,6-8,10-13H,5,9H2,1H3,(H,26,31)(H,28,29,30). The lowest BCUT2D eigenvalue weighted by atomic mass is 10.1. The molecular formula is C23H19ClFN5O. The Morgan fingerprint density at radius 1 is 1.13 bits per heavy atom. The summed E-state index contributed by atoms with van der Waals surface area (Å²) >= 11 is 5.94. The number of rotatable bonds is 6. The van der Waals surface area contributed by atoms with E-state index in [0.29, 0.717) is 30.2 Å². The average Bonchev–Trinajstić information content (AvgIpc) is 2.80. The number of halogens is 2. The number of pyridine rings is 1. The predicted octanol–water partition coefficient (Wildman–Crippen LogP) is 4.91. The van der Waals surface area contributed by atoms with Crippen LogP contribution >= 0.6 is 11.6 Å². The minimum atomic E-state index is -0.493. The second-order valence-corrected chi connectivity index (χ2v) is 7.32. The minimum absolute atomic E-state index is 0.0158. The Morgan fingerprint density at radius 2 is 2.00 bits per heavy atom. The van der Waals surface area contributed by atoms with Crippen LogP contribution in [-0.4, -0.2) is 27.9 Å². The summed E-state index contributed by atoms with van der Waals surface area (Å²) in [6.07, 6.45) is 4.34. The number of nitrogens with one attached hydrogen (secondary N) is 2. The van der Waals surface area contributed by atoms with E-state index in [9.17, 15) is 9.18 Å². The van der Waals surface area contributed by atoms with Crippen LogP contribution in [0.1, 0.15) is 12.0 Å². The van der Waals surface area contributed by atoms with Gasteiger partial charge in [0.25, 0.3) is 0 Å². The molecule has 2 aromatic heterocycles. The molecule has 8 heteroatoms. The summed E-state index contributed by atoms with van der Waals surface area (Å²) in [5.74, 6) is 0.539. The van der Waals surface area contributed by atoms with Crippen LogP contribution in [-0.2, 0) is 11.2 Å². The monoisotopic (exact) mass is 435 g/mol. The number of hydrogen-bond donors (Lipinski definition) is 2. The van der Waals surface area contributed by atoms with Crippen molar-refractivity contribution in [3.05, 3.63) is 77.3 Å². The molecule has 156 valence electrons. The molecule has 31 heavy (non-hydrogen) atoms. The molecule has 0 saturated carbocycles. The molecule has 0 radical (unpaired) electrons. The van der Waals surface area contributed by atoms with Crippen molar-refractivity contribution in [3.63, 3.8) is 0 Å². The van der Waals surface area contributed by atoms with E-state index in [0.717, 1.165) is 22.0 Å². The van der Waals surface area contributed by atoms with Gasteiger partial charge in [-0.15, -0.1) is 0 Å². The van der Waals surface area contributed by atoms with Crippen molar-refractivity contribution in [3.8, 4) is 11.4 Å². The lowest BCUT2D eigenvalue weighted by molar-refractivity contribution is -0.120. The number of carbonyl (C=O) groups excluding carboxylic acids is 1. The Morgan fingerprint density at radius 3 is 2.74 bits per heavy atom. The number of aromatic nitrogens is 3. The van der Waals surface area contributed by atoms with Crippen molar-refractivity contribution < 1.29 is 9.18 Å². The highest BCUT2D eigenvalue weighted by Gasteiger charge is 2.12. The highest BCUT2D eigenvalue weighted by Crippen LogP contribution is 2.29. The number of nitrogens with zero attached hydrogens (tertiary/aromatic N) is 3. The highest BCUT2D eigenvalue weighted by atomic mass is 35.5. The van der Waals surface area contributed by atoms with Gasteiger partial charge in [-0.25, -0.2) is 14.4 Å². The maximum Gasteiger partial charge on any atom is 0.220 e. The Labute approximate surface area is 183 Å². The summed E-state index contributed by atoms with van der Waals surface area (Å²) in [5, 5.41) is 6.65. The first-order valence-corrected chi connectivity index (χ1v) is 10.0. The summed E-state index contributed by atoms with van der Waals surface area (Å²) in [4.78, 5) is 25.1. The molecule has 4 rings (SSSR count). The average molecular weight is 436 g/mol. The zero-order chi connectivity index (χ0) is 21.8. The Kier molecular flexibility index (Phi) is 6.04. The van der Waals surface area contributed by atoms with Gasteiger partial charge in [-0.2, -0.15) is 0 Å². The molecule has 0 unspecified atom stereocenters. The van der Waals surface area contributed by atoms with Crippen LogP contribution in [0, 0.1) is 5.82 Å². The van der Waals surface area contributed by atoms with Crippen LogP contribution in [0.5, 0.6) is 0 Å². The SMILES string of the molecule is CNC(=O)CCc1ccc2nc(-c3cccnc3)nc(Nc3ccc(F)c(Cl)c3)c2c1. The number of carbonyl (C=O) groups is 1. The summed E-state index contributed by atoms with van der Waals surface area (Å²) in [6.45, 7) is 0. The van der Waals surface area contributed by atoms with E-state index >= 15 is 0 Å². The van der Waals surface area contributed by atoms with Crippen molar-refractivity contribution in [2.45, 2.75) is 12.8 Å². The van der Waals surface area contributed by atoms with E-state index < -0.39 is 5.82 Å². The zero-order valence-corrected chi connectivity index (χ0v) is 17.4. The van der Waals surface area contributed by atoms with Gasteiger partial charge >= 0.3 is 0 Å². The minimum Gasteiger partial charge on any atom is -0.359 e. The van der Waals surface area contributed by atoms with Crippen molar-refractivity contribution in [2.24, 2.45) is 0 Å². The van der Waals surface area contributed by atoms with Gasteiger partial charge in [-0.05, 0) is 54.4 Å². The van der Waals surface area contributed by atoms with Crippen LogP contribution in [0.3, 0.4) is 0 Å². The Hall–Kier alpha value is -3.58. The van der Waals surface area contributed by atoms with E-state index in [1.807, 2.05) is 30.3 Å². The zero-order valence-electron chi connectivity index (χ0n) is 16.7. The van der Waals surface area contributed by atoms with Crippen LogP contribution in [0.15, 0.2) is 60.9 Å². The van der Waals surface area contributed by atoms with E-state index in [2.05, 4.69) is 20.6 Å². The molecule has 0 atom stereocenters. The fourth-order valence-electron chi connectivity index (χ4n) is 3.14. The van der Waals surface area contributed by atoms with E-state index in [4.69, 9.17) is 16.6 Å². The summed E-state index contributed by atoms with van der Waals surface area (Å²) in [7, 11) is 1.62. The molecule has 2 heterocycles. The van der Waals surface area contributed by atoms with E-state index in [1.54, 1.807) is 25.5 Å². The maximum absolute atomic E-state index is 13.6. The second-order valence-electron chi connectivity index (χ2n) is 6.92. The van der Waals surface area contributed by atoms with Gasteiger partial charge in [-0.1, -0.05) is 17.7 Å². The summed E-state index contributed by atoms with van der Waals surface area (Å²) < 4.78 is 13.6. The molecule has 0 spiro atoms. The Balaban J connectivity index is 1.79. The van der Waals surface area contributed by atoms with Crippen LogP contribution in [0.25, 0.3) is 22.3 Å². The van der Waals surface area contributed by atoms with Crippen molar-refractivity contribution >= 4 is 39.9 Å². The fraction of sp³-hybridized carbons (Fsp3) is 0.130. The molecule has 0 aliphatic heterocycles. The van der Waals surface area contributed by atoms with E-state index in [-0.39, 0.29) is 10.9 Å². The van der Waals surface area contributed by atoms with Crippen LogP contribution < -0.4 is 10.6 Å². The largest absolute Gasteiger partial charge is 0.359 e. The first-order valence-electron chi connectivity index (χ1n) is 9.67. The molecule has 0 aliphatic carbocycles. The number of amides is 1. The molecule has 2 N–H and O–H groups in total. The number of fused-ring (bicyclic) bond motifs is 1. The lowest BCUT2D eigenvalue weighted by Gasteiger charge is -2.13. The van der Waals surface area contributed by atoms with Gasteiger partial charge in [0.1, 0.15) is 11.6 Å². The third-order valence-corrected chi connectivity index (χ3v) is 5.07. The number of benzene rings is 2. The first kappa shape index (κ1) is 20.7. The van der Waals surface area contributed by atoms with Crippen molar-refractivity contribution in [1.82, 2.24) is 20.3 Å². The summed E-state index contributed by atoms with van der Waals surface area (Å²) in [5.41, 5.74) is 3.08. The molecule has 4 aromatic rings. The molecule has 0 aliphatic rings. The van der Waals surface area contributed by atoms with Crippen molar-refractivity contribution in [2.75, 3.05) is 12.4 Å². The number of anilines is 2. The van der Waals surface area contributed by atoms with Gasteiger partial charge in [-0.3, -0.25) is 9.78 Å². The smallest absolute Gasteiger partial charge is 0.220 e. The predicted molar refractivity (Wildman–Crippen MR) is 120 cm³/mol. The normalized spacial score (nSPS) is 10.8. The third-order valence-electron chi connectivity index (χ3n) is 4.78. The molecule has 2 aromatic carbocycles. The van der Waals surface area contributed by atoms with Gasteiger partial charge in [0.05, 0.1) is 10.5 Å². The third kappa shape index (κ3) is 4.78. The van der Waals surface area contributed by atoms with Crippen molar-refractivity contribution in [1.29, 1.82) is 0 Å². The molecular weight excluding hydrogens is 417 g/mol. The quantitative estimate of drug-likeness (QED) is 0.450. The van der Waals surface area contributed by atoms with Gasteiger partial charge in [0, 0.05) is 42.5 Å². The highest BCUT2D eigenvalue weighted by molar-refractivity contribution is 6.31. The van der Waals surface area contributed by atoms with Crippen LogP contribution in [0.4, 0.5) is 15.9 Å². The Bertz CT molecular complexity index is 1250.